The number of amides is 2. The Balaban J connectivity index is 1.72. The highest BCUT2D eigenvalue weighted by atomic mass is 16.5. The molecule has 0 fully saturated rings. The molecular weight excluding hydrogens is 340 g/mol. The zero-order valence-electron chi connectivity index (χ0n) is 16.0. The summed E-state index contributed by atoms with van der Waals surface area (Å²) in [7, 11) is 0. The first-order chi connectivity index (χ1) is 13.0. The largest absolute Gasteiger partial charge is 0.489 e. The minimum absolute atomic E-state index is 0.00112. The number of rotatable bonds is 10. The first-order valence-electron chi connectivity index (χ1n) is 9.32. The van der Waals surface area contributed by atoms with Crippen LogP contribution in [0.4, 0.5) is 0 Å². The molecule has 0 heterocycles. The summed E-state index contributed by atoms with van der Waals surface area (Å²) >= 11 is 0. The Bertz CT molecular complexity index is 729. The van der Waals surface area contributed by atoms with E-state index in [1.54, 1.807) is 0 Å². The van der Waals surface area contributed by atoms with E-state index in [4.69, 9.17) is 4.74 Å². The van der Waals surface area contributed by atoms with Crippen molar-refractivity contribution in [2.45, 2.75) is 39.8 Å². The van der Waals surface area contributed by atoms with Gasteiger partial charge in [0, 0.05) is 13.0 Å². The minimum Gasteiger partial charge on any atom is -0.489 e. The van der Waals surface area contributed by atoms with E-state index in [1.807, 2.05) is 54.6 Å². The zero-order valence-corrected chi connectivity index (χ0v) is 16.0. The van der Waals surface area contributed by atoms with Crippen molar-refractivity contribution in [3.8, 4) is 5.75 Å². The Labute approximate surface area is 161 Å². The van der Waals surface area contributed by atoms with E-state index in [0.29, 0.717) is 25.5 Å². The molecule has 2 amide bonds. The zero-order chi connectivity index (χ0) is 19.5. The van der Waals surface area contributed by atoms with E-state index in [2.05, 4.69) is 24.5 Å². The Kier molecular flexibility index (Phi) is 8.36. The van der Waals surface area contributed by atoms with Crippen LogP contribution in [-0.4, -0.2) is 18.4 Å². The maximum absolute atomic E-state index is 11.9. The molecule has 0 bridgehead atoms. The number of carbonyl (C=O) groups excluding carboxylic acids is 2. The first kappa shape index (κ1) is 20.5. The minimum atomic E-state index is -0.205. The Morgan fingerprint density at radius 3 is 2.41 bits per heavy atom. The van der Waals surface area contributed by atoms with Crippen molar-refractivity contribution in [3.05, 3.63) is 65.7 Å². The monoisotopic (exact) mass is 368 g/mol. The molecule has 0 aromatic heterocycles. The molecule has 2 N–H and O–H groups in total. The number of hydrogen-bond acceptors (Lipinski definition) is 3. The molecule has 0 unspecified atom stereocenters. The lowest BCUT2D eigenvalue weighted by Crippen LogP contribution is -2.36. The van der Waals surface area contributed by atoms with E-state index in [1.165, 1.54) is 0 Å². The second-order valence-electron chi connectivity index (χ2n) is 6.91. The van der Waals surface area contributed by atoms with Crippen molar-refractivity contribution >= 4 is 11.8 Å². The summed E-state index contributed by atoms with van der Waals surface area (Å²) in [4.78, 5) is 23.5. The Hall–Kier alpha value is -2.82. The topological polar surface area (TPSA) is 67.4 Å². The number of nitrogens with one attached hydrogen (secondary N) is 2. The molecule has 0 aliphatic heterocycles. The number of carbonyl (C=O) groups is 2. The lowest BCUT2D eigenvalue weighted by molar-refractivity contribution is -0.126. The molecule has 0 aliphatic carbocycles. The molecule has 2 aromatic carbocycles. The lowest BCUT2D eigenvalue weighted by atomic mass is 10.1. The maximum Gasteiger partial charge on any atom is 0.239 e. The summed E-state index contributed by atoms with van der Waals surface area (Å²) in [6, 6.07) is 17.6. The van der Waals surface area contributed by atoms with Gasteiger partial charge in [-0.1, -0.05) is 56.3 Å². The fourth-order valence-corrected chi connectivity index (χ4v) is 2.44. The first-order valence-corrected chi connectivity index (χ1v) is 9.32. The van der Waals surface area contributed by atoms with Crippen LogP contribution in [0.25, 0.3) is 0 Å². The molecular formula is C22H28N2O3. The van der Waals surface area contributed by atoms with Crippen LogP contribution in [0.2, 0.25) is 0 Å². The van der Waals surface area contributed by atoms with Crippen LogP contribution in [0.5, 0.6) is 5.75 Å². The van der Waals surface area contributed by atoms with Crippen molar-refractivity contribution in [2.75, 3.05) is 6.54 Å². The molecule has 5 heteroatoms. The van der Waals surface area contributed by atoms with Crippen LogP contribution in [0.3, 0.4) is 0 Å². The van der Waals surface area contributed by atoms with E-state index < -0.39 is 0 Å². The average molecular weight is 368 g/mol. The van der Waals surface area contributed by atoms with Gasteiger partial charge in [-0.3, -0.25) is 9.59 Å². The van der Waals surface area contributed by atoms with Crippen LogP contribution < -0.4 is 15.4 Å². The molecule has 2 rings (SSSR count). The smallest absolute Gasteiger partial charge is 0.239 e. The second-order valence-corrected chi connectivity index (χ2v) is 6.91. The van der Waals surface area contributed by atoms with Gasteiger partial charge in [-0.25, -0.2) is 0 Å². The third-order valence-electron chi connectivity index (χ3n) is 4.03. The van der Waals surface area contributed by atoms with E-state index in [-0.39, 0.29) is 18.4 Å². The summed E-state index contributed by atoms with van der Waals surface area (Å²) in [5.41, 5.74) is 2.05. The molecule has 0 saturated heterocycles. The number of hydrogen-bond donors (Lipinski definition) is 2. The van der Waals surface area contributed by atoms with E-state index in [9.17, 15) is 9.59 Å². The van der Waals surface area contributed by atoms with Gasteiger partial charge in [-0.15, -0.1) is 0 Å². The maximum atomic E-state index is 11.9. The Morgan fingerprint density at radius 1 is 0.926 bits per heavy atom. The molecule has 0 radical (unpaired) electrons. The predicted molar refractivity (Wildman–Crippen MR) is 106 cm³/mol. The van der Waals surface area contributed by atoms with E-state index in [0.717, 1.165) is 23.3 Å². The third-order valence-corrected chi connectivity index (χ3v) is 4.03. The van der Waals surface area contributed by atoms with Crippen molar-refractivity contribution in [1.82, 2.24) is 10.6 Å². The van der Waals surface area contributed by atoms with Gasteiger partial charge >= 0.3 is 0 Å². The quantitative estimate of drug-likeness (QED) is 0.675. The van der Waals surface area contributed by atoms with Crippen molar-refractivity contribution in [1.29, 1.82) is 0 Å². The van der Waals surface area contributed by atoms with Crippen LogP contribution in [-0.2, 0) is 22.7 Å². The highest BCUT2D eigenvalue weighted by molar-refractivity contribution is 5.84. The fraction of sp³-hybridized carbons (Fsp3) is 0.364. The van der Waals surface area contributed by atoms with Crippen LogP contribution in [0.1, 0.15) is 37.8 Å². The van der Waals surface area contributed by atoms with Gasteiger partial charge in [0.15, 0.2) is 0 Å². The van der Waals surface area contributed by atoms with Gasteiger partial charge in [-0.05, 0) is 35.6 Å². The van der Waals surface area contributed by atoms with Crippen molar-refractivity contribution < 1.29 is 14.3 Å². The molecule has 2 aromatic rings. The molecule has 27 heavy (non-hydrogen) atoms. The molecule has 0 aliphatic rings. The van der Waals surface area contributed by atoms with Gasteiger partial charge in [0.2, 0.25) is 11.8 Å². The summed E-state index contributed by atoms with van der Waals surface area (Å²) < 4.78 is 5.79. The summed E-state index contributed by atoms with van der Waals surface area (Å²) in [6.45, 7) is 5.03. The lowest BCUT2D eigenvalue weighted by Gasteiger charge is -2.10. The highest BCUT2D eigenvalue weighted by Gasteiger charge is 2.07. The molecule has 5 nitrogen and oxygen atoms in total. The van der Waals surface area contributed by atoms with E-state index >= 15 is 0 Å². The Morgan fingerprint density at radius 2 is 1.67 bits per heavy atom. The normalized spacial score (nSPS) is 10.5. The molecule has 0 atom stereocenters. The van der Waals surface area contributed by atoms with Gasteiger partial charge < -0.3 is 15.4 Å². The predicted octanol–water partition coefficient (Wildman–Crippen LogP) is 3.43. The van der Waals surface area contributed by atoms with Gasteiger partial charge in [0.1, 0.15) is 12.4 Å². The summed E-state index contributed by atoms with van der Waals surface area (Å²) in [5.74, 6) is 0.937. The molecule has 0 spiro atoms. The molecule has 144 valence electrons. The van der Waals surface area contributed by atoms with Gasteiger partial charge in [-0.2, -0.15) is 0 Å². The third kappa shape index (κ3) is 8.40. The highest BCUT2D eigenvalue weighted by Crippen LogP contribution is 2.15. The summed E-state index contributed by atoms with van der Waals surface area (Å²) in [5, 5.41) is 5.46. The van der Waals surface area contributed by atoms with Crippen LogP contribution in [0.15, 0.2) is 54.6 Å². The van der Waals surface area contributed by atoms with Crippen molar-refractivity contribution in [3.63, 3.8) is 0 Å². The standard InChI is InChI=1S/C22H28N2O3/c1-17(2)11-12-21(25)24-15-22(26)23-14-19-9-6-10-20(13-19)27-16-18-7-4-3-5-8-18/h3-10,13,17H,11-12,14-16H2,1-2H3,(H,23,26)(H,24,25). The fourth-order valence-electron chi connectivity index (χ4n) is 2.44. The van der Waals surface area contributed by atoms with Gasteiger partial charge in [0.05, 0.1) is 6.54 Å². The molecule has 0 saturated carbocycles. The number of ether oxygens (including phenoxy) is 1. The second kappa shape index (κ2) is 11.0. The summed E-state index contributed by atoms with van der Waals surface area (Å²) in [6.07, 6.45) is 1.27. The average Bonchev–Trinajstić information content (AvgIpc) is 2.68. The van der Waals surface area contributed by atoms with Crippen molar-refractivity contribution in [2.24, 2.45) is 5.92 Å². The van der Waals surface area contributed by atoms with Gasteiger partial charge in [0.25, 0.3) is 0 Å². The van der Waals surface area contributed by atoms with Crippen LogP contribution >= 0.6 is 0 Å². The number of benzene rings is 2. The SMILES string of the molecule is CC(C)CCC(=O)NCC(=O)NCc1cccc(OCc2ccccc2)c1. The van der Waals surface area contributed by atoms with Crippen LogP contribution in [0, 0.1) is 5.92 Å².